The first-order valence-electron chi connectivity index (χ1n) is 11.3. The lowest BCUT2D eigenvalue weighted by molar-refractivity contribution is -0.0856. The van der Waals surface area contributed by atoms with Crippen LogP contribution in [-0.4, -0.2) is 12.9 Å². The lowest BCUT2D eigenvalue weighted by atomic mass is 9.80. The molecule has 1 saturated carbocycles. The lowest BCUT2D eigenvalue weighted by Crippen LogP contribution is -2.21. The van der Waals surface area contributed by atoms with Crippen LogP contribution in [0.15, 0.2) is 24.3 Å². The molecular weight excluding hydrogens is 332 g/mol. The van der Waals surface area contributed by atoms with Gasteiger partial charge in [0, 0.05) is 6.42 Å². The maximum absolute atomic E-state index is 6.10. The van der Waals surface area contributed by atoms with Gasteiger partial charge in [-0.05, 0) is 54.2 Å². The van der Waals surface area contributed by atoms with Gasteiger partial charge in [-0.15, -0.1) is 0 Å². The average molecular weight is 375 g/mol. The minimum absolute atomic E-state index is 0.129. The highest BCUT2D eigenvalue weighted by Gasteiger charge is 2.19. The van der Waals surface area contributed by atoms with Crippen molar-refractivity contribution in [3.63, 3.8) is 0 Å². The number of benzene rings is 1. The highest BCUT2D eigenvalue weighted by atomic mass is 16.7. The van der Waals surface area contributed by atoms with Crippen molar-refractivity contribution in [3.8, 4) is 5.75 Å². The van der Waals surface area contributed by atoms with E-state index in [1.807, 2.05) is 0 Å². The van der Waals surface area contributed by atoms with Crippen LogP contribution in [0.3, 0.4) is 0 Å². The Labute approximate surface area is 168 Å². The van der Waals surface area contributed by atoms with Crippen molar-refractivity contribution in [2.75, 3.05) is 6.61 Å². The van der Waals surface area contributed by atoms with Gasteiger partial charge >= 0.3 is 0 Å². The van der Waals surface area contributed by atoms with Crippen molar-refractivity contribution in [2.24, 2.45) is 11.3 Å². The van der Waals surface area contributed by atoms with E-state index in [0.29, 0.717) is 11.3 Å². The predicted molar refractivity (Wildman–Crippen MR) is 115 cm³/mol. The number of hydrogen-bond donors (Lipinski definition) is 0. The van der Waals surface area contributed by atoms with Gasteiger partial charge in [-0.3, -0.25) is 0 Å². The van der Waals surface area contributed by atoms with E-state index in [0.717, 1.165) is 24.7 Å². The van der Waals surface area contributed by atoms with Crippen LogP contribution in [0.5, 0.6) is 5.75 Å². The molecule has 1 aromatic carbocycles. The fourth-order valence-corrected chi connectivity index (χ4v) is 4.28. The van der Waals surface area contributed by atoms with Crippen LogP contribution in [-0.2, 0) is 4.74 Å². The Morgan fingerprint density at radius 1 is 0.963 bits per heavy atom. The highest BCUT2D eigenvalue weighted by molar-refractivity contribution is 5.29. The zero-order valence-electron chi connectivity index (χ0n) is 18.4. The molecule has 0 aliphatic heterocycles. The molecule has 0 saturated heterocycles. The molecule has 2 rings (SSSR count). The van der Waals surface area contributed by atoms with Crippen molar-refractivity contribution < 1.29 is 9.47 Å². The summed E-state index contributed by atoms with van der Waals surface area (Å²) in [6, 6.07) is 8.72. The Bertz CT molecular complexity index is 508. The summed E-state index contributed by atoms with van der Waals surface area (Å²) in [6.07, 6.45) is 11.3. The van der Waals surface area contributed by atoms with Crippen molar-refractivity contribution >= 4 is 0 Å². The van der Waals surface area contributed by atoms with E-state index >= 15 is 0 Å². The summed E-state index contributed by atoms with van der Waals surface area (Å²) >= 11 is 0. The molecule has 0 bridgehead atoms. The molecule has 2 heteroatoms. The summed E-state index contributed by atoms with van der Waals surface area (Å²) in [5, 5.41) is 0. The molecule has 2 unspecified atom stereocenters. The number of rotatable bonds is 10. The molecule has 27 heavy (non-hydrogen) atoms. The quantitative estimate of drug-likeness (QED) is 0.390. The molecule has 0 aromatic heterocycles. The first-order valence-corrected chi connectivity index (χ1v) is 11.3. The molecule has 1 aliphatic rings. The molecule has 2 nitrogen and oxygen atoms in total. The van der Waals surface area contributed by atoms with Crippen molar-refractivity contribution in [3.05, 3.63) is 29.8 Å². The van der Waals surface area contributed by atoms with Crippen LogP contribution in [0.4, 0.5) is 0 Å². The molecule has 2 atom stereocenters. The van der Waals surface area contributed by atoms with Crippen molar-refractivity contribution in [1.29, 1.82) is 0 Å². The maximum Gasteiger partial charge on any atom is 0.199 e. The third kappa shape index (κ3) is 8.25. The van der Waals surface area contributed by atoms with Gasteiger partial charge in [-0.2, -0.15) is 0 Å². The third-order valence-corrected chi connectivity index (χ3v) is 5.86. The number of ether oxygens (including phenoxy) is 2. The van der Waals surface area contributed by atoms with E-state index in [1.54, 1.807) is 0 Å². The minimum Gasteiger partial charge on any atom is -0.465 e. The highest BCUT2D eigenvalue weighted by Crippen LogP contribution is 2.34. The summed E-state index contributed by atoms with van der Waals surface area (Å²) in [4.78, 5) is 0. The predicted octanol–water partition coefficient (Wildman–Crippen LogP) is 7.72. The Balaban J connectivity index is 1.82. The second-order valence-electron chi connectivity index (χ2n) is 9.56. The zero-order valence-corrected chi connectivity index (χ0v) is 18.4. The van der Waals surface area contributed by atoms with Gasteiger partial charge < -0.3 is 9.47 Å². The molecule has 154 valence electrons. The summed E-state index contributed by atoms with van der Waals surface area (Å²) in [7, 11) is 0. The second kappa shape index (κ2) is 11.1. The van der Waals surface area contributed by atoms with E-state index in [-0.39, 0.29) is 6.29 Å². The van der Waals surface area contributed by atoms with Crippen molar-refractivity contribution in [1.82, 2.24) is 0 Å². The standard InChI is InChI=1S/C25H42O2/c1-6-21(19-25(3,4)5)22-13-15-23(16-14-22)27-24(7-2)26-18-17-20-11-9-8-10-12-20/h13-16,20-21,24H,6-12,17-19H2,1-5H3. The van der Waals surface area contributed by atoms with Crippen LogP contribution in [0.25, 0.3) is 0 Å². The number of hydrogen-bond acceptors (Lipinski definition) is 2. The maximum atomic E-state index is 6.10. The largest absolute Gasteiger partial charge is 0.465 e. The van der Waals surface area contributed by atoms with E-state index in [1.165, 1.54) is 56.9 Å². The van der Waals surface area contributed by atoms with Gasteiger partial charge in [0.1, 0.15) is 5.75 Å². The van der Waals surface area contributed by atoms with Crippen LogP contribution in [0.2, 0.25) is 0 Å². The zero-order chi connectivity index (χ0) is 19.7. The molecule has 1 fully saturated rings. The molecule has 1 aromatic rings. The first kappa shape index (κ1) is 22.3. The third-order valence-electron chi connectivity index (χ3n) is 5.86. The topological polar surface area (TPSA) is 18.5 Å². The van der Waals surface area contributed by atoms with Gasteiger partial charge in [-0.25, -0.2) is 0 Å². The molecular formula is C25H42O2. The normalized spacial score (nSPS) is 18.3. The fraction of sp³-hybridized carbons (Fsp3) is 0.760. The molecule has 0 spiro atoms. The average Bonchev–Trinajstić information content (AvgIpc) is 2.66. The molecule has 1 aliphatic carbocycles. The minimum atomic E-state index is -0.129. The molecule has 0 amide bonds. The van der Waals surface area contributed by atoms with Gasteiger partial charge in [0.2, 0.25) is 0 Å². The van der Waals surface area contributed by atoms with Crippen LogP contribution in [0.1, 0.15) is 104 Å². The molecule has 0 heterocycles. The van der Waals surface area contributed by atoms with Gasteiger partial charge in [0.15, 0.2) is 6.29 Å². The monoisotopic (exact) mass is 374 g/mol. The first-order chi connectivity index (χ1) is 12.9. The summed E-state index contributed by atoms with van der Waals surface area (Å²) < 4.78 is 12.1. The Morgan fingerprint density at radius 3 is 2.19 bits per heavy atom. The SMILES string of the molecule is CCC(OCCC1CCCCC1)Oc1ccc(C(CC)CC(C)(C)C)cc1. The Morgan fingerprint density at radius 2 is 1.63 bits per heavy atom. The summed E-state index contributed by atoms with van der Waals surface area (Å²) in [5.41, 5.74) is 1.78. The van der Waals surface area contributed by atoms with Gasteiger partial charge in [0.25, 0.3) is 0 Å². The van der Waals surface area contributed by atoms with E-state index in [4.69, 9.17) is 9.47 Å². The van der Waals surface area contributed by atoms with Gasteiger partial charge in [0.05, 0.1) is 6.61 Å². The van der Waals surface area contributed by atoms with Crippen molar-refractivity contribution in [2.45, 2.75) is 105 Å². The second-order valence-corrected chi connectivity index (χ2v) is 9.56. The fourth-order valence-electron chi connectivity index (χ4n) is 4.28. The van der Waals surface area contributed by atoms with Crippen LogP contribution >= 0.6 is 0 Å². The smallest absolute Gasteiger partial charge is 0.199 e. The van der Waals surface area contributed by atoms with E-state index < -0.39 is 0 Å². The summed E-state index contributed by atoms with van der Waals surface area (Å²) in [5.74, 6) is 2.41. The van der Waals surface area contributed by atoms with E-state index in [9.17, 15) is 0 Å². The lowest BCUT2D eigenvalue weighted by Gasteiger charge is -2.26. The molecule has 0 radical (unpaired) electrons. The van der Waals surface area contributed by atoms with Gasteiger partial charge in [-0.1, -0.05) is 78.9 Å². The van der Waals surface area contributed by atoms with Crippen LogP contribution < -0.4 is 4.74 Å². The Hall–Kier alpha value is -1.02. The van der Waals surface area contributed by atoms with Crippen LogP contribution in [0, 0.1) is 11.3 Å². The Kier molecular flexibility index (Phi) is 9.15. The molecule has 0 N–H and O–H groups in total. The van der Waals surface area contributed by atoms with E-state index in [2.05, 4.69) is 58.9 Å². The summed E-state index contributed by atoms with van der Waals surface area (Å²) in [6.45, 7) is 12.2.